The summed E-state index contributed by atoms with van der Waals surface area (Å²) in [5.41, 5.74) is 1.67. The van der Waals surface area contributed by atoms with Crippen LogP contribution in [-0.4, -0.2) is 26.1 Å². The number of carbonyl (C=O) groups excluding carboxylic acids is 1. The average Bonchev–Trinajstić information content (AvgIpc) is 2.64. The maximum absolute atomic E-state index is 11.9. The highest BCUT2D eigenvalue weighted by Crippen LogP contribution is 2.32. The minimum Gasteiger partial charge on any atom is -0.310 e. The van der Waals surface area contributed by atoms with Crippen LogP contribution in [0.25, 0.3) is 0 Å². The van der Waals surface area contributed by atoms with Crippen LogP contribution < -0.4 is 10.0 Å². The third-order valence-electron chi connectivity index (χ3n) is 3.02. The third kappa shape index (κ3) is 2.43. The summed E-state index contributed by atoms with van der Waals surface area (Å²) in [6.07, 6.45) is -0.0563. The van der Waals surface area contributed by atoms with Crippen LogP contribution in [-0.2, 0) is 14.8 Å². The summed E-state index contributed by atoms with van der Waals surface area (Å²) in [5, 5.41) is 4.27. The van der Waals surface area contributed by atoms with Crippen LogP contribution in [0.5, 0.6) is 0 Å². The Hall–Kier alpha value is -0.920. The number of halogens is 1. The molecule has 1 aliphatic heterocycles. The number of sulfonamides is 1. The summed E-state index contributed by atoms with van der Waals surface area (Å²) in [6, 6.07) is 5.51. The van der Waals surface area contributed by atoms with Crippen molar-refractivity contribution in [3.05, 3.63) is 28.2 Å². The van der Waals surface area contributed by atoms with Crippen molar-refractivity contribution < 1.29 is 13.2 Å². The number of aryl methyl sites for hydroxylation is 1. The number of nitrogens with zero attached hydrogens (tertiary/aromatic N) is 1. The number of hydrogen-bond acceptors (Lipinski definition) is 3. The van der Waals surface area contributed by atoms with Crippen LogP contribution in [0, 0.1) is 6.92 Å². The molecule has 0 aliphatic carbocycles. The number of rotatable bonds is 2. The predicted octanol–water partition coefficient (Wildman–Crippen LogP) is 1.15. The van der Waals surface area contributed by atoms with Crippen molar-refractivity contribution in [3.8, 4) is 0 Å². The minimum absolute atomic E-state index is 0.0563. The molecule has 1 amide bonds. The van der Waals surface area contributed by atoms with Gasteiger partial charge in [-0.3, -0.25) is 4.79 Å². The number of anilines is 1. The second kappa shape index (κ2) is 4.64. The Morgan fingerprint density at radius 2 is 2.11 bits per heavy atom. The molecule has 18 heavy (non-hydrogen) atoms. The first-order valence-electron chi connectivity index (χ1n) is 5.38. The average molecular weight is 333 g/mol. The molecule has 1 unspecified atom stereocenters. The Bertz CT molecular complexity index is 600. The van der Waals surface area contributed by atoms with Crippen LogP contribution in [0.3, 0.4) is 0 Å². The van der Waals surface area contributed by atoms with E-state index in [9.17, 15) is 13.2 Å². The molecule has 1 heterocycles. The van der Waals surface area contributed by atoms with Gasteiger partial charge in [-0.25, -0.2) is 13.6 Å². The van der Waals surface area contributed by atoms with E-state index >= 15 is 0 Å². The molecule has 0 radical (unpaired) electrons. The largest absolute Gasteiger partial charge is 0.310 e. The highest BCUT2D eigenvalue weighted by Gasteiger charge is 2.37. The van der Waals surface area contributed by atoms with Crippen LogP contribution >= 0.6 is 15.9 Å². The summed E-state index contributed by atoms with van der Waals surface area (Å²) >= 11 is 3.41. The standard InChI is InChI=1S/C11H13BrN2O3S/c1-7-3-2-4-9(11(7)12)14-6-8(5-10(14)15)18(13,16)17/h2-4,8H,5-6H2,1H3,(H2,13,16,17). The molecule has 1 saturated heterocycles. The molecular weight excluding hydrogens is 320 g/mol. The van der Waals surface area contributed by atoms with Crippen molar-refractivity contribution in [3.63, 3.8) is 0 Å². The molecule has 2 N–H and O–H groups in total. The molecule has 1 aliphatic rings. The highest BCUT2D eigenvalue weighted by atomic mass is 79.9. The lowest BCUT2D eigenvalue weighted by atomic mass is 10.2. The van der Waals surface area contributed by atoms with E-state index in [1.165, 1.54) is 4.90 Å². The smallest absolute Gasteiger partial charge is 0.228 e. The van der Waals surface area contributed by atoms with E-state index < -0.39 is 15.3 Å². The molecule has 1 fully saturated rings. The maximum Gasteiger partial charge on any atom is 0.228 e. The number of amides is 1. The maximum atomic E-state index is 11.9. The summed E-state index contributed by atoms with van der Waals surface area (Å²) in [7, 11) is -3.68. The lowest BCUT2D eigenvalue weighted by Crippen LogP contribution is -2.32. The first-order valence-corrected chi connectivity index (χ1v) is 7.78. The monoisotopic (exact) mass is 332 g/mol. The number of hydrogen-bond donors (Lipinski definition) is 1. The van der Waals surface area contributed by atoms with E-state index in [2.05, 4.69) is 15.9 Å². The van der Waals surface area contributed by atoms with E-state index in [4.69, 9.17) is 5.14 Å². The van der Waals surface area contributed by atoms with Crippen LogP contribution in [0.2, 0.25) is 0 Å². The zero-order valence-corrected chi connectivity index (χ0v) is 12.2. The molecule has 0 spiro atoms. The minimum atomic E-state index is -3.68. The van der Waals surface area contributed by atoms with Gasteiger partial charge in [0.1, 0.15) is 5.25 Å². The quantitative estimate of drug-likeness (QED) is 0.882. The molecule has 1 atom stereocenters. The Kier molecular flexibility index (Phi) is 3.48. The topological polar surface area (TPSA) is 80.5 Å². The number of primary sulfonamides is 1. The third-order valence-corrected chi connectivity index (χ3v) is 5.29. The Balaban J connectivity index is 2.36. The van der Waals surface area contributed by atoms with Crippen molar-refractivity contribution in [2.75, 3.05) is 11.4 Å². The Labute approximate surface area is 114 Å². The highest BCUT2D eigenvalue weighted by molar-refractivity contribution is 9.10. The summed E-state index contributed by atoms with van der Waals surface area (Å²) < 4.78 is 23.4. The van der Waals surface area contributed by atoms with E-state index in [0.29, 0.717) is 5.69 Å². The van der Waals surface area contributed by atoms with Gasteiger partial charge in [-0.1, -0.05) is 12.1 Å². The molecular formula is C11H13BrN2O3S. The summed E-state index contributed by atoms with van der Waals surface area (Å²) in [4.78, 5) is 13.3. The fourth-order valence-electron chi connectivity index (χ4n) is 1.97. The molecule has 0 saturated carbocycles. The van der Waals surface area contributed by atoms with Crippen LogP contribution in [0.1, 0.15) is 12.0 Å². The van der Waals surface area contributed by atoms with Gasteiger partial charge in [0.2, 0.25) is 15.9 Å². The van der Waals surface area contributed by atoms with Crippen molar-refractivity contribution in [2.45, 2.75) is 18.6 Å². The lowest BCUT2D eigenvalue weighted by Gasteiger charge is -2.19. The second-order valence-electron chi connectivity index (χ2n) is 4.33. The van der Waals surface area contributed by atoms with E-state index in [1.807, 2.05) is 19.1 Å². The fraction of sp³-hybridized carbons (Fsp3) is 0.364. The molecule has 1 aromatic rings. The van der Waals surface area contributed by atoms with Gasteiger partial charge in [0.15, 0.2) is 0 Å². The number of nitrogens with two attached hydrogens (primary N) is 1. The van der Waals surface area contributed by atoms with Gasteiger partial charge in [0.25, 0.3) is 0 Å². The zero-order valence-electron chi connectivity index (χ0n) is 9.76. The Morgan fingerprint density at radius 1 is 1.44 bits per heavy atom. The van der Waals surface area contributed by atoms with Crippen molar-refractivity contribution >= 4 is 37.5 Å². The van der Waals surface area contributed by atoms with Gasteiger partial charge in [0.05, 0.1) is 5.69 Å². The fourth-order valence-corrected chi connectivity index (χ4v) is 3.18. The first-order chi connectivity index (χ1) is 8.30. The lowest BCUT2D eigenvalue weighted by molar-refractivity contribution is -0.117. The van der Waals surface area contributed by atoms with Crippen molar-refractivity contribution in [1.29, 1.82) is 0 Å². The second-order valence-corrected chi connectivity index (χ2v) is 6.97. The van der Waals surface area contributed by atoms with Crippen molar-refractivity contribution in [1.82, 2.24) is 0 Å². The molecule has 7 heteroatoms. The molecule has 2 rings (SSSR count). The van der Waals surface area contributed by atoms with Crippen LogP contribution in [0.4, 0.5) is 5.69 Å². The van der Waals surface area contributed by atoms with Gasteiger partial charge < -0.3 is 4.90 Å². The molecule has 1 aromatic carbocycles. The van der Waals surface area contributed by atoms with E-state index in [0.717, 1.165) is 10.0 Å². The van der Waals surface area contributed by atoms with E-state index in [1.54, 1.807) is 6.07 Å². The Morgan fingerprint density at radius 3 is 2.67 bits per heavy atom. The van der Waals surface area contributed by atoms with Gasteiger partial charge >= 0.3 is 0 Å². The predicted molar refractivity (Wildman–Crippen MR) is 72.7 cm³/mol. The molecule has 0 aromatic heterocycles. The van der Waals surface area contributed by atoms with Gasteiger partial charge in [0, 0.05) is 17.4 Å². The van der Waals surface area contributed by atoms with Gasteiger partial charge in [-0.2, -0.15) is 0 Å². The summed E-state index contributed by atoms with van der Waals surface area (Å²) in [5.74, 6) is -0.222. The normalized spacial score (nSPS) is 20.5. The first kappa shape index (κ1) is 13.5. The number of carbonyl (C=O) groups is 1. The molecule has 98 valence electrons. The molecule has 5 nitrogen and oxygen atoms in total. The zero-order chi connectivity index (χ0) is 13.5. The van der Waals surface area contributed by atoms with Gasteiger partial charge in [-0.05, 0) is 34.5 Å². The van der Waals surface area contributed by atoms with Crippen molar-refractivity contribution in [2.24, 2.45) is 5.14 Å². The molecule has 0 bridgehead atoms. The van der Waals surface area contributed by atoms with E-state index in [-0.39, 0.29) is 18.9 Å². The van der Waals surface area contributed by atoms with Crippen LogP contribution in [0.15, 0.2) is 22.7 Å². The number of benzene rings is 1. The summed E-state index contributed by atoms with van der Waals surface area (Å²) in [6.45, 7) is 2.02. The van der Waals surface area contributed by atoms with Gasteiger partial charge in [-0.15, -0.1) is 0 Å². The SMILES string of the molecule is Cc1cccc(N2CC(S(N)(=O)=O)CC2=O)c1Br.